The molecule has 36 heavy (non-hydrogen) atoms. The fourth-order valence-corrected chi connectivity index (χ4v) is 5.63. The van der Waals surface area contributed by atoms with Crippen LogP contribution in [0.25, 0.3) is 5.69 Å². The van der Waals surface area contributed by atoms with Crippen LogP contribution < -0.4 is 5.73 Å². The number of carbonyl (C=O) groups is 2. The number of halogens is 1. The zero-order chi connectivity index (χ0) is 25.0. The minimum atomic E-state index is -0.350. The maximum absolute atomic E-state index is 13.7. The van der Waals surface area contributed by atoms with E-state index in [4.69, 9.17) is 22.4 Å². The van der Waals surface area contributed by atoms with E-state index < -0.39 is 0 Å². The molecule has 0 unspecified atom stereocenters. The molecule has 1 aliphatic carbocycles. The summed E-state index contributed by atoms with van der Waals surface area (Å²) in [4.78, 5) is 33.9. The van der Waals surface area contributed by atoms with Crippen LogP contribution in [0.2, 0.25) is 5.15 Å². The van der Waals surface area contributed by atoms with E-state index in [9.17, 15) is 9.59 Å². The van der Waals surface area contributed by atoms with Crippen molar-refractivity contribution in [3.63, 3.8) is 0 Å². The van der Waals surface area contributed by atoms with Gasteiger partial charge in [0.2, 0.25) is 5.91 Å². The highest BCUT2D eigenvalue weighted by Gasteiger charge is 2.40. The van der Waals surface area contributed by atoms with Crippen LogP contribution in [0, 0.1) is 0 Å². The molecule has 0 radical (unpaired) electrons. The minimum absolute atomic E-state index is 0.157. The molecule has 0 saturated heterocycles. The number of amides is 2. The van der Waals surface area contributed by atoms with Gasteiger partial charge in [0.1, 0.15) is 5.15 Å². The standard InChI is InChI=1S/C27H27ClN6O2/c1-2-25(35)32-11-9-21-26-22(34(31-21)18-7-5-17(6-8-18)16-3-4-16)10-12-33(23(26)15-32)27(36)19-14-30-24(28)13-20(19)29/h2,5-8,13-14,16,23H,1,3-4,9-12,15H2,(H2,29,30)/t23-/m0/s1. The lowest BCUT2D eigenvalue weighted by Gasteiger charge is -2.38. The van der Waals surface area contributed by atoms with Gasteiger partial charge in [-0.25, -0.2) is 9.67 Å². The molecule has 184 valence electrons. The highest BCUT2D eigenvalue weighted by Crippen LogP contribution is 2.41. The van der Waals surface area contributed by atoms with Crippen molar-refractivity contribution in [1.29, 1.82) is 0 Å². The third kappa shape index (κ3) is 3.86. The molecular weight excluding hydrogens is 476 g/mol. The summed E-state index contributed by atoms with van der Waals surface area (Å²) < 4.78 is 2.03. The Kier molecular flexibility index (Phi) is 5.56. The van der Waals surface area contributed by atoms with Gasteiger partial charge in [0.15, 0.2) is 0 Å². The molecule has 3 aliphatic rings. The van der Waals surface area contributed by atoms with Crippen LogP contribution in [0.3, 0.4) is 0 Å². The second-order valence-corrected chi connectivity index (χ2v) is 10.1. The van der Waals surface area contributed by atoms with E-state index >= 15 is 0 Å². The molecule has 2 N–H and O–H groups in total. The molecule has 6 rings (SSSR count). The van der Waals surface area contributed by atoms with Crippen LogP contribution in [0.1, 0.15) is 57.7 Å². The van der Waals surface area contributed by atoms with Gasteiger partial charge in [-0.2, -0.15) is 5.10 Å². The predicted octanol–water partition coefficient (Wildman–Crippen LogP) is 3.69. The van der Waals surface area contributed by atoms with E-state index in [0.29, 0.717) is 44.0 Å². The van der Waals surface area contributed by atoms with Crippen LogP contribution >= 0.6 is 11.6 Å². The molecule has 0 spiro atoms. The number of nitrogens with zero attached hydrogens (tertiary/aromatic N) is 5. The number of hydrogen-bond acceptors (Lipinski definition) is 5. The Labute approximate surface area is 214 Å². The molecule has 0 bridgehead atoms. The van der Waals surface area contributed by atoms with Gasteiger partial charge in [0.05, 0.1) is 28.7 Å². The quantitative estimate of drug-likeness (QED) is 0.433. The normalized spacial score (nSPS) is 19.0. The molecule has 2 aliphatic heterocycles. The van der Waals surface area contributed by atoms with Gasteiger partial charge < -0.3 is 15.5 Å². The Balaban J connectivity index is 1.41. The molecule has 9 heteroatoms. The lowest BCUT2D eigenvalue weighted by atomic mass is 9.94. The Morgan fingerprint density at radius 3 is 2.61 bits per heavy atom. The van der Waals surface area contributed by atoms with Crippen molar-refractivity contribution >= 4 is 29.1 Å². The lowest BCUT2D eigenvalue weighted by Crippen LogP contribution is -2.46. The third-order valence-corrected chi connectivity index (χ3v) is 7.68. The smallest absolute Gasteiger partial charge is 0.258 e. The predicted molar refractivity (Wildman–Crippen MR) is 137 cm³/mol. The second-order valence-electron chi connectivity index (χ2n) is 9.68. The van der Waals surface area contributed by atoms with Crippen LogP contribution in [-0.4, -0.2) is 56.0 Å². The molecule has 1 atom stereocenters. The van der Waals surface area contributed by atoms with E-state index in [-0.39, 0.29) is 28.7 Å². The summed E-state index contributed by atoms with van der Waals surface area (Å²) in [7, 11) is 0. The average molecular weight is 503 g/mol. The number of carbonyl (C=O) groups excluding carboxylic acids is 2. The second kappa shape index (κ2) is 8.78. The number of benzene rings is 1. The first kappa shape index (κ1) is 22.8. The van der Waals surface area contributed by atoms with E-state index in [1.165, 1.54) is 36.7 Å². The van der Waals surface area contributed by atoms with E-state index in [1.54, 1.807) is 9.80 Å². The highest BCUT2D eigenvalue weighted by molar-refractivity contribution is 6.29. The Morgan fingerprint density at radius 1 is 1.14 bits per heavy atom. The number of aromatic nitrogens is 3. The first-order valence-corrected chi connectivity index (χ1v) is 12.7. The SMILES string of the molecule is C=CC(=O)N1CCc2nn(-c3ccc(C4CC4)cc3)c3c2[C@H](C1)N(C(=O)c1cnc(Cl)cc1N)CC3. The van der Waals surface area contributed by atoms with Gasteiger partial charge in [-0.1, -0.05) is 30.3 Å². The summed E-state index contributed by atoms with van der Waals surface area (Å²) in [5, 5.41) is 5.24. The van der Waals surface area contributed by atoms with Gasteiger partial charge in [-0.05, 0) is 48.6 Å². The molecule has 8 nitrogen and oxygen atoms in total. The average Bonchev–Trinajstić information content (AvgIpc) is 3.69. The zero-order valence-corrected chi connectivity index (χ0v) is 20.6. The van der Waals surface area contributed by atoms with Crippen LogP contribution in [0.15, 0.2) is 49.2 Å². The monoisotopic (exact) mass is 502 g/mol. The lowest BCUT2D eigenvalue weighted by molar-refractivity contribution is -0.126. The summed E-state index contributed by atoms with van der Waals surface area (Å²) in [6, 6.07) is 9.80. The number of pyridine rings is 1. The van der Waals surface area contributed by atoms with Crippen molar-refractivity contribution < 1.29 is 9.59 Å². The topological polar surface area (TPSA) is 97.4 Å². The number of anilines is 1. The van der Waals surface area contributed by atoms with Crippen molar-refractivity contribution in [2.45, 2.75) is 37.6 Å². The highest BCUT2D eigenvalue weighted by atomic mass is 35.5. The number of rotatable bonds is 4. The fourth-order valence-electron chi connectivity index (χ4n) is 5.46. The van der Waals surface area contributed by atoms with Crippen molar-refractivity contribution in [1.82, 2.24) is 24.6 Å². The molecule has 2 aromatic heterocycles. The summed E-state index contributed by atoms with van der Waals surface area (Å²) in [6.45, 7) is 5.01. The van der Waals surface area contributed by atoms with Gasteiger partial charge in [-0.3, -0.25) is 9.59 Å². The first-order chi connectivity index (χ1) is 17.4. The maximum atomic E-state index is 13.7. The number of nitrogen functional groups attached to an aromatic ring is 1. The van der Waals surface area contributed by atoms with E-state index in [0.717, 1.165) is 22.6 Å². The summed E-state index contributed by atoms with van der Waals surface area (Å²) >= 11 is 5.96. The van der Waals surface area contributed by atoms with Gasteiger partial charge in [-0.15, -0.1) is 0 Å². The van der Waals surface area contributed by atoms with Crippen molar-refractivity contribution in [2.24, 2.45) is 0 Å². The number of hydrogen-bond donors (Lipinski definition) is 1. The molecule has 3 aromatic rings. The first-order valence-electron chi connectivity index (χ1n) is 12.3. The maximum Gasteiger partial charge on any atom is 0.258 e. The largest absolute Gasteiger partial charge is 0.398 e. The van der Waals surface area contributed by atoms with E-state index in [2.05, 4.69) is 35.8 Å². The molecule has 1 fully saturated rings. The van der Waals surface area contributed by atoms with E-state index in [1.807, 2.05) is 4.68 Å². The summed E-state index contributed by atoms with van der Waals surface area (Å²) in [5.74, 6) is 0.308. The molecule has 4 heterocycles. The van der Waals surface area contributed by atoms with Crippen LogP contribution in [-0.2, 0) is 17.6 Å². The van der Waals surface area contributed by atoms with Gasteiger partial charge in [0.25, 0.3) is 5.91 Å². The van der Waals surface area contributed by atoms with Gasteiger partial charge >= 0.3 is 0 Å². The van der Waals surface area contributed by atoms with Crippen molar-refractivity contribution in [3.05, 3.63) is 82.4 Å². The van der Waals surface area contributed by atoms with Crippen LogP contribution in [0.5, 0.6) is 0 Å². The molecule has 2 amide bonds. The van der Waals surface area contributed by atoms with Crippen molar-refractivity contribution in [3.8, 4) is 5.69 Å². The molecule has 1 saturated carbocycles. The van der Waals surface area contributed by atoms with Gasteiger partial charge in [0, 0.05) is 49.9 Å². The Morgan fingerprint density at radius 2 is 1.92 bits per heavy atom. The third-order valence-electron chi connectivity index (χ3n) is 7.48. The fraction of sp³-hybridized carbons (Fsp3) is 0.333. The minimum Gasteiger partial charge on any atom is -0.398 e. The van der Waals surface area contributed by atoms with Crippen LogP contribution in [0.4, 0.5) is 5.69 Å². The Bertz CT molecular complexity index is 1380. The Hall–Kier alpha value is -3.65. The van der Waals surface area contributed by atoms with Crippen molar-refractivity contribution in [2.75, 3.05) is 25.4 Å². The molecule has 1 aromatic carbocycles. The molecular formula is C27H27ClN6O2. The summed E-state index contributed by atoms with van der Waals surface area (Å²) in [5.41, 5.74) is 12.2. The number of nitrogens with two attached hydrogens (primary N) is 1. The zero-order valence-electron chi connectivity index (χ0n) is 19.9. The summed E-state index contributed by atoms with van der Waals surface area (Å²) in [6.07, 6.45) is 6.52.